The molecule has 3 fully saturated rings. The van der Waals surface area contributed by atoms with Crippen LogP contribution in [-0.2, 0) is 9.53 Å². The van der Waals surface area contributed by atoms with Gasteiger partial charge in [-0.3, -0.25) is 9.59 Å². The van der Waals surface area contributed by atoms with Crippen molar-refractivity contribution in [3.05, 3.63) is 53.2 Å². The molecule has 3 aliphatic heterocycles. The van der Waals surface area contributed by atoms with Crippen molar-refractivity contribution < 1.29 is 19.1 Å². The molecule has 10 nitrogen and oxygen atoms in total. The third-order valence-electron chi connectivity index (χ3n) is 8.01. The summed E-state index contributed by atoms with van der Waals surface area (Å²) in [4.78, 5) is 34.3. The number of ether oxygens (including phenoxy) is 2. The number of nitrogens with zero attached hydrogens (tertiary/aromatic N) is 6. The molecule has 6 rings (SSSR count). The summed E-state index contributed by atoms with van der Waals surface area (Å²) >= 11 is 6.26. The van der Waals surface area contributed by atoms with Gasteiger partial charge < -0.3 is 29.1 Å². The van der Waals surface area contributed by atoms with Gasteiger partial charge in [0.05, 0.1) is 12.8 Å². The molecular weight excluding hydrogens is 532 g/mol. The third-order valence-corrected chi connectivity index (χ3v) is 8.25. The Bertz CT molecular complexity index is 1400. The second-order valence-corrected chi connectivity index (χ2v) is 10.8. The lowest BCUT2D eigenvalue weighted by molar-refractivity contribution is -0.142. The number of piperazine rings is 2. The molecule has 0 radical (unpaired) electrons. The SMILES string of the molecule is COc1ccc(Cl)cc1N1CCN(c2nnc(C(=O)N3CCN(C(=O)C4CCCO4)CC3)c3ccccc23)CC1. The Morgan fingerprint density at radius 1 is 0.900 bits per heavy atom. The van der Waals surface area contributed by atoms with E-state index in [1.54, 1.807) is 12.0 Å². The van der Waals surface area contributed by atoms with E-state index in [1.165, 1.54) is 0 Å². The van der Waals surface area contributed by atoms with Gasteiger partial charge in [-0.25, -0.2) is 0 Å². The third kappa shape index (κ3) is 5.13. The highest BCUT2D eigenvalue weighted by Crippen LogP contribution is 2.33. The maximum Gasteiger partial charge on any atom is 0.275 e. The molecular formula is C29H33ClN6O4. The van der Waals surface area contributed by atoms with E-state index in [4.69, 9.17) is 21.1 Å². The number of carbonyl (C=O) groups excluding carboxylic acids is 2. The first-order chi connectivity index (χ1) is 19.5. The summed E-state index contributed by atoms with van der Waals surface area (Å²) in [5, 5.41) is 11.4. The van der Waals surface area contributed by atoms with Crippen molar-refractivity contribution in [1.29, 1.82) is 0 Å². The molecule has 3 saturated heterocycles. The summed E-state index contributed by atoms with van der Waals surface area (Å²) in [5.74, 6) is 1.45. The zero-order valence-electron chi connectivity index (χ0n) is 22.6. The minimum Gasteiger partial charge on any atom is -0.495 e. The molecule has 1 unspecified atom stereocenters. The van der Waals surface area contributed by atoms with Crippen LogP contribution in [0.15, 0.2) is 42.5 Å². The molecule has 40 heavy (non-hydrogen) atoms. The Morgan fingerprint density at radius 3 is 2.30 bits per heavy atom. The van der Waals surface area contributed by atoms with Crippen LogP contribution >= 0.6 is 11.6 Å². The van der Waals surface area contributed by atoms with Crippen LogP contribution in [0.2, 0.25) is 5.02 Å². The zero-order valence-corrected chi connectivity index (χ0v) is 23.3. The largest absolute Gasteiger partial charge is 0.495 e. The van der Waals surface area contributed by atoms with Crippen molar-refractivity contribution in [3.63, 3.8) is 0 Å². The number of aromatic nitrogens is 2. The van der Waals surface area contributed by atoms with E-state index >= 15 is 0 Å². The second-order valence-electron chi connectivity index (χ2n) is 10.3. The van der Waals surface area contributed by atoms with Crippen molar-refractivity contribution in [2.45, 2.75) is 18.9 Å². The Labute approximate surface area is 238 Å². The van der Waals surface area contributed by atoms with Gasteiger partial charge in [-0.05, 0) is 31.0 Å². The monoisotopic (exact) mass is 564 g/mol. The first kappa shape index (κ1) is 26.6. The van der Waals surface area contributed by atoms with Gasteiger partial charge in [-0.2, -0.15) is 0 Å². The Morgan fingerprint density at radius 2 is 1.60 bits per heavy atom. The molecule has 2 aromatic carbocycles. The lowest BCUT2D eigenvalue weighted by Gasteiger charge is -2.37. The highest BCUT2D eigenvalue weighted by atomic mass is 35.5. The van der Waals surface area contributed by atoms with E-state index in [0.717, 1.165) is 67.0 Å². The molecule has 11 heteroatoms. The molecule has 0 spiro atoms. The Balaban J connectivity index is 1.16. The van der Waals surface area contributed by atoms with Crippen molar-refractivity contribution >= 4 is 45.7 Å². The van der Waals surface area contributed by atoms with Gasteiger partial charge in [0, 0.05) is 74.8 Å². The van der Waals surface area contributed by atoms with Gasteiger partial charge in [-0.15, -0.1) is 10.2 Å². The minimum atomic E-state index is -0.334. The Hall–Kier alpha value is -3.63. The zero-order chi connectivity index (χ0) is 27.6. The molecule has 0 bridgehead atoms. The molecule has 3 aliphatic rings. The molecule has 0 N–H and O–H groups in total. The van der Waals surface area contributed by atoms with Crippen LogP contribution in [0.3, 0.4) is 0 Å². The summed E-state index contributed by atoms with van der Waals surface area (Å²) in [7, 11) is 1.67. The molecule has 210 valence electrons. The summed E-state index contributed by atoms with van der Waals surface area (Å²) in [6, 6.07) is 13.5. The van der Waals surface area contributed by atoms with Crippen molar-refractivity contribution in [3.8, 4) is 5.75 Å². The van der Waals surface area contributed by atoms with Crippen LogP contribution in [0.25, 0.3) is 10.8 Å². The molecule has 1 atom stereocenters. The first-order valence-corrected chi connectivity index (χ1v) is 14.2. The number of benzene rings is 2. The number of methoxy groups -OCH3 is 1. The number of hydrogen-bond donors (Lipinski definition) is 0. The van der Waals surface area contributed by atoms with Crippen molar-refractivity contribution in [1.82, 2.24) is 20.0 Å². The van der Waals surface area contributed by atoms with E-state index in [1.807, 2.05) is 47.4 Å². The average Bonchev–Trinajstić information content (AvgIpc) is 3.55. The van der Waals surface area contributed by atoms with Crippen molar-refractivity contribution in [2.24, 2.45) is 0 Å². The predicted molar refractivity (Wildman–Crippen MR) is 153 cm³/mol. The summed E-state index contributed by atoms with van der Waals surface area (Å²) < 4.78 is 11.1. The number of hydrogen-bond acceptors (Lipinski definition) is 8. The van der Waals surface area contributed by atoms with E-state index in [-0.39, 0.29) is 17.9 Å². The van der Waals surface area contributed by atoms with Gasteiger partial charge in [0.25, 0.3) is 11.8 Å². The fraction of sp³-hybridized carbons (Fsp3) is 0.448. The van der Waals surface area contributed by atoms with Crippen LogP contribution in [0.1, 0.15) is 23.3 Å². The van der Waals surface area contributed by atoms with Crippen LogP contribution in [0.4, 0.5) is 11.5 Å². The fourth-order valence-corrected chi connectivity index (χ4v) is 5.97. The van der Waals surface area contributed by atoms with Gasteiger partial charge in [0.15, 0.2) is 11.5 Å². The van der Waals surface area contributed by atoms with Gasteiger partial charge in [0.1, 0.15) is 11.9 Å². The molecule has 2 amide bonds. The first-order valence-electron chi connectivity index (χ1n) is 13.8. The van der Waals surface area contributed by atoms with Crippen LogP contribution in [-0.4, -0.2) is 104 Å². The number of amides is 2. The van der Waals surface area contributed by atoms with Gasteiger partial charge in [-0.1, -0.05) is 35.9 Å². The van der Waals surface area contributed by atoms with E-state index in [2.05, 4.69) is 20.0 Å². The second kappa shape index (κ2) is 11.5. The topological polar surface area (TPSA) is 91.3 Å². The number of fused-ring (bicyclic) bond motifs is 1. The summed E-state index contributed by atoms with van der Waals surface area (Å²) in [6.07, 6.45) is 1.36. The number of rotatable bonds is 5. The lowest BCUT2D eigenvalue weighted by atomic mass is 10.1. The van der Waals surface area contributed by atoms with E-state index in [9.17, 15) is 9.59 Å². The fourth-order valence-electron chi connectivity index (χ4n) is 5.81. The quantitative estimate of drug-likeness (QED) is 0.467. The van der Waals surface area contributed by atoms with Crippen LogP contribution in [0.5, 0.6) is 5.75 Å². The molecule has 3 aromatic rings. The maximum atomic E-state index is 13.6. The number of carbonyl (C=O) groups is 2. The highest BCUT2D eigenvalue weighted by molar-refractivity contribution is 6.31. The Kier molecular flexibility index (Phi) is 7.62. The number of halogens is 1. The smallest absolute Gasteiger partial charge is 0.275 e. The standard InChI is InChI=1S/C29H33ClN6O4/c1-39-24-9-8-20(30)19-23(24)33-10-12-34(13-11-33)27-22-6-3-2-5-21(22)26(31-32-27)29(38)36-16-14-35(15-17-36)28(37)25-7-4-18-40-25/h2-3,5-6,8-9,19,25H,4,7,10-18H2,1H3. The molecule has 4 heterocycles. The number of anilines is 2. The molecule has 1 aromatic heterocycles. The minimum absolute atomic E-state index is 0.0353. The van der Waals surface area contributed by atoms with Crippen molar-refractivity contribution in [2.75, 3.05) is 75.9 Å². The van der Waals surface area contributed by atoms with Gasteiger partial charge in [0.2, 0.25) is 0 Å². The summed E-state index contributed by atoms with van der Waals surface area (Å²) in [6.45, 7) is 5.57. The van der Waals surface area contributed by atoms with E-state index < -0.39 is 0 Å². The average molecular weight is 565 g/mol. The predicted octanol–water partition coefficient (Wildman–Crippen LogP) is 3.08. The summed E-state index contributed by atoms with van der Waals surface area (Å²) in [5.41, 5.74) is 1.32. The highest BCUT2D eigenvalue weighted by Gasteiger charge is 2.33. The van der Waals surface area contributed by atoms with Crippen LogP contribution < -0.4 is 14.5 Å². The van der Waals surface area contributed by atoms with E-state index in [0.29, 0.717) is 43.5 Å². The molecule has 0 saturated carbocycles. The van der Waals surface area contributed by atoms with Crippen LogP contribution in [0, 0.1) is 0 Å². The lowest BCUT2D eigenvalue weighted by Crippen LogP contribution is -2.53. The van der Waals surface area contributed by atoms with Gasteiger partial charge >= 0.3 is 0 Å². The molecule has 0 aliphatic carbocycles. The maximum absolute atomic E-state index is 13.6. The normalized spacial score (nSPS) is 19.8.